The minimum atomic E-state index is -1.14. The third kappa shape index (κ3) is 2.95. The van der Waals surface area contributed by atoms with Crippen molar-refractivity contribution in [1.29, 1.82) is 0 Å². The van der Waals surface area contributed by atoms with Crippen molar-refractivity contribution in [3.05, 3.63) is 59.9 Å². The van der Waals surface area contributed by atoms with Gasteiger partial charge in [-0.3, -0.25) is 14.7 Å². The molecular weight excluding hydrogens is 306 g/mol. The Bertz CT molecular complexity index is 763. The molecule has 1 aliphatic rings. The Kier molecular flexibility index (Phi) is 4.20. The molecule has 124 valence electrons. The van der Waals surface area contributed by atoms with Crippen molar-refractivity contribution in [2.45, 2.75) is 19.4 Å². The second-order valence-corrected chi connectivity index (χ2v) is 5.89. The molecule has 3 amide bonds. The van der Waals surface area contributed by atoms with E-state index in [-0.39, 0.29) is 19.1 Å². The molecule has 2 aromatic rings. The monoisotopic (exact) mass is 325 g/mol. The van der Waals surface area contributed by atoms with E-state index in [1.54, 1.807) is 31.3 Å². The number of pyridine rings is 1. The zero-order valence-corrected chi connectivity index (χ0v) is 13.7. The molecule has 0 aliphatic carbocycles. The number of imide groups is 1. The summed E-state index contributed by atoms with van der Waals surface area (Å²) in [6, 6.07) is 12.5. The van der Waals surface area contributed by atoms with Gasteiger partial charge in [0.05, 0.1) is 12.2 Å². The van der Waals surface area contributed by atoms with E-state index < -0.39 is 11.6 Å². The SMILES string of the molecule is Cc1cccc(OCCN2C(=O)NC(C)(c3ccccn3)C2=O)c1. The number of aromatic nitrogens is 1. The van der Waals surface area contributed by atoms with Crippen molar-refractivity contribution >= 4 is 11.9 Å². The van der Waals surface area contributed by atoms with E-state index >= 15 is 0 Å². The van der Waals surface area contributed by atoms with E-state index in [9.17, 15) is 9.59 Å². The Labute approximate surface area is 140 Å². The fourth-order valence-corrected chi connectivity index (χ4v) is 2.69. The summed E-state index contributed by atoms with van der Waals surface area (Å²) in [5.41, 5.74) is 0.470. The molecule has 0 spiro atoms. The average molecular weight is 325 g/mol. The summed E-state index contributed by atoms with van der Waals surface area (Å²) in [5.74, 6) is 0.397. The summed E-state index contributed by atoms with van der Waals surface area (Å²) in [6.07, 6.45) is 1.60. The number of hydrogen-bond donors (Lipinski definition) is 1. The van der Waals surface area contributed by atoms with Crippen LogP contribution in [0.15, 0.2) is 48.7 Å². The molecule has 0 radical (unpaired) electrons. The van der Waals surface area contributed by atoms with Gasteiger partial charge in [-0.15, -0.1) is 0 Å². The molecule has 24 heavy (non-hydrogen) atoms. The van der Waals surface area contributed by atoms with Gasteiger partial charge in [0.1, 0.15) is 12.4 Å². The maximum atomic E-state index is 12.7. The third-order valence-electron chi connectivity index (χ3n) is 4.03. The first kappa shape index (κ1) is 16.0. The number of aryl methyl sites for hydroxylation is 1. The van der Waals surface area contributed by atoms with Gasteiger partial charge in [-0.2, -0.15) is 0 Å². The van der Waals surface area contributed by atoms with Crippen LogP contribution in [0.3, 0.4) is 0 Å². The van der Waals surface area contributed by atoms with E-state index in [4.69, 9.17) is 4.74 Å². The lowest BCUT2D eigenvalue weighted by Gasteiger charge is -2.20. The second-order valence-electron chi connectivity index (χ2n) is 5.89. The van der Waals surface area contributed by atoms with Crippen molar-refractivity contribution in [1.82, 2.24) is 15.2 Å². The van der Waals surface area contributed by atoms with Crippen molar-refractivity contribution in [3.8, 4) is 5.75 Å². The number of carbonyl (C=O) groups excluding carboxylic acids is 2. The molecule has 1 fully saturated rings. The molecule has 2 heterocycles. The number of amides is 3. The topological polar surface area (TPSA) is 71.5 Å². The van der Waals surface area contributed by atoms with Gasteiger partial charge < -0.3 is 10.1 Å². The highest BCUT2D eigenvalue weighted by atomic mass is 16.5. The highest BCUT2D eigenvalue weighted by molar-refractivity contribution is 6.06. The van der Waals surface area contributed by atoms with Gasteiger partial charge in [-0.25, -0.2) is 4.79 Å². The number of benzene rings is 1. The Morgan fingerprint density at radius 3 is 2.75 bits per heavy atom. The van der Waals surface area contributed by atoms with E-state index in [1.165, 1.54) is 4.90 Å². The van der Waals surface area contributed by atoms with Crippen molar-refractivity contribution in [2.75, 3.05) is 13.2 Å². The van der Waals surface area contributed by atoms with Crippen molar-refractivity contribution < 1.29 is 14.3 Å². The summed E-state index contributed by atoms with van der Waals surface area (Å²) < 4.78 is 5.63. The maximum Gasteiger partial charge on any atom is 0.325 e. The van der Waals surface area contributed by atoms with E-state index in [2.05, 4.69) is 10.3 Å². The lowest BCUT2D eigenvalue weighted by atomic mass is 9.97. The van der Waals surface area contributed by atoms with Crippen LogP contribution in [0.2, 0.25) is 0 Å². The van der Waals surface area contributed by atoms with Crippen LogP contribution in [0.5, 0.6) is 5.75 Å². The quantitative estimate of drug-likeness (QED) is 0.856. The third-order valence-corrected chi connectivity index (χ3v) is 4.03. The highest BCUT2D eigenvalue weighted by Crippen LogP contribution is 2.27. The summed E-state index contributed by atoms with van der Waals surface area (Å²) in [4.78, 5) is 30.2. The number of carbonyl (C=O) groups is 2. The summed E-state index contributed by atoms with van der Waals surface area (Å²) >= 11 is 0. The molecule has 1 atom stereocenters. The molecule has 1 N–H and O–H groups in total. The number of nitrogens with zero attached hydrogens (tertiary/aromatic N) is 2. The number of nitrogens with one attached hydrogen (secondary N) is 1. The highest BCUT2D eigenvalue weighted by Gasteiger charge is 2.49. The molecule has 6 heteroatoms. The maximum absolute atomic E-state index is 12.7. The Morgan fingerprint density at radius 2 is 2.04 bits per heavy atom. The van der Waals surface area contributed by atoms with Crippen LogP contribution >= 0.6 is 0 Å². The molecule has 0 saturated carbocycles. The van der Waals surface area contributed by atoms with E-state index in [0.717, 1.165) is 11.3 Å². The first-order valence-electron chi connectivity index (χ1n) is 7.76. The minimum absolute atomic E-state index is 0.182. The standard InChI is InChI=1S/C18H19N3O3/c1-13-6-5-7-14(12-13)24-11-10-21-16(22)18(2,20-17(21)23)15-8-3-4-9-19-15/h3-9,12H,10-11H2,1-2H3,(H,20,23). The number of rotatable bonds is 5. The first-order chi connectivity index (χ1) is 11.5. The molecule has 0 bridgehead atoms. The molecule has 1 aromatic heterocycles. The van der Waals surface area contributed by atoms with Gasteiger partial charge >= 0.3 is 6.03 Å². The first-order valence-corrected chi connectivity index (χ1v) is 7.76. The van der Waals surface area contributed by atoms with Crippen LogP contribution in [0.1, 0.15) is 18.2 Å². The molecule has 1 unspecified atom stereocenters. The van der Waals surface area contributed by atoms with Crippen LogP contribution in [-0.4, -0.2) is 35.0 Å². The fourth-order valence-electron chi connectivity index (χ4n) is 2.69. The van der Waals surface area contributed by atoms with Crippen LogP contribution < -0.4 is 10.1 Å². The molecule has 3 rings (SSSR count). The van der Waals surface area contributed by atoms with E-state index in [0.29, 0.717) is 5.69 Å². The lowest BCUT2D eigenvalue weighted by Crippen LogP contribution is -2.42. The van der Waals surface area contributed by atoms with Crippen LogP contribution in [0, 0.1) is 6.92 Å². The van der Waals surface area contributed by atoms with Gasteiger partial charge in [0, 0.05) is 6.20 Å². The summed E-state index contributed by atoms with van der Waals surface area (Å²) in [7, 11) is 0. The lowest BCUT2D eigenvalue weighted by molar-refractivity contribution is -0.131. The van der Waals surface area contributed by atoms with Crippen LogP contribution in [-0.2, 0) is 10.3 Å². The van der Waals surface area contributed by atoms with Crippen LogP contribution in [0.25, 0.3) is 0 Å². The predicted octanol–water partition coefficient (Wildman–Crippen LogP) is 2.24. The molecular formula is C18H19N3O3. The second kappa shape index (κ2) is 6.31. The molecule has 1 saturated heterocycles. The molecule has 6 nitrogen and oxygen atoms in total. The van der Waals surface area contributed by atoms with Crippen molar-refractivity contribution in [2.24, 2.45) is 0 Å². The summed E-state index contributed by atoms with van der Waals surface area (Å²) in [5, 5.41) is 2.72. The number of hydrogen-bond acceptors (Lipinski definition) is 4. The van der Waals surface area contributed by atoms with Gasteiger partial charge in [0.25, 0.3) is 5.91 Å². The van der Waals surface area contributed by atoms with Crippen LogP contribution in [0.4, 0.5) is 4.79 Å². The average Bonchev–Trinajstić information content (AvgIpc) is 2.80. The van der Waals surface area contributed by atoms with Crippen molar-refractivity contribution in [3.63, 3.8) is 0 Å². The Balaban J connectivity index is 1.67. The zero-order valence-electron chi connectivity index (χ0n) is 13.7. The van der Waals surface area contributed by atoms with E-state index in [1.807, 2.05) is 31.2 Å². The molecule has 1 aromatic carbocycles. The fraction of sp³-hybridized carbons (Fsp3) is 0.278. The smallest absolute Gasteiger partial charge is 0.325 e. The zero-order chi connectivity index (χ0) is 17.2. The Hall–Kier alpha value is -2.89. The van der Waals surface area contributed by atoms with Gasteiger partial charge in [0.2, 0.25) is 0 Å². The Morgan fingerprint density at radius 1 is 1.21 bits per heavy atom. The predicted molar refractivity (Wildman–Crippen MR) is 88.5 cm³/mol. The number of urea groups is 1. The number of ether oxygens (including phenoxy) is 1. The van der Waals surface area contributed by atoms with Gasteiger partial charge in [0.15, 0.2) is 5.54 Å². The van der Waals surface area contributed by atoms with Gasteiger partial charge in [-0.1, -0.05) is 18.2 Å². The minimum Gasteiger partial charge on any atom is -0.492 e. The largest absolute Gasteiger partial charge is 0.492 e. The van der Waals surface area contributed by atoms with Gasteiger partial charge in [-0.05, 0) is 43.7 Å². The molecule has 1 aliphatic heterocycles. The normalized spacial score (nSPS) is 20.2. The summed E-state index contributed by atoms with van der Waals surface area (Å²) in [6.45, 7) is 4.06.